The molecule has 0 spiro atoms. The average Bonchev–Trinajstić information content (AvgIpc) is 2.34. The fraction of sp³-hybridized carbons (Fsp3) is 1.00. The van der Waals surface area contributed by atoms with E-state index in [2.05, 4.69) is 29.1 Å². The number of ether oxygens (including phenoxy) is 1. The topological polar surface area (TPSA) is 27.7 Å². The van der Waals surface area contributed by atoms with Gasteiger partial charge in [0.2, 0.25) is 0 Å². The van der Waals surface area contributed by atoms with Gasteiger partial charge < -0.3 is 15.0 Å². The molecule has 2 fully saturated rings. The molecular formula is C14H29N3O. The summed E-state index contributed by atoms with van der Waals surface area (Å²) in [4.78, 5) is 5.11. The van der Waals surface area contributed by atoms with Crippen molar-refractivity contribution in [2.45, 2.75) is 25.8 Å². The quantitative estimate of drug-likeness (QED) is 0.798. The van der Waals surface area contributed by atoms with Gasteiger partial charge >= 0.3 is 0 Å². The summed E-state index contributed by atoms with van der Waals surface area (Å²) < 4.78 is 5.52. The van der Waals surface area contributed by atoms with E-state index in [0.717, 1.165) is 19.7 Å². The molecule has 2 saturated heterocycles. The Hall–Kier alpha value is -0.160. The van der Waals surface area contributed by atoms with Gasteiger partial charge in [0.25, 0.3) is 0 Å². The van der Waals surface area contributed by atoms with E-state index in [4.69, 9.17) is 4.74 Å². The molecule has 1 unspecified atom stereocenters. The lowest BCUT2D eigenvalue weighted by molar-refractivity contribution is -0.00562. The molecule has 2 aliphatic rings. The van der Waals surface area contributed by atoms with Crippen molar-refractivity contribution in [3.05, 3.63) is 0 Å². The molecule has 0 amide bonds. The second-order valence-electron chi connectivity index (χ2n) is 6.26. The van der Waals surface area contributed by atoms with Gasteiger partial charge in [0.05, 0.1) is 6.61 Å². The number of piperazine rings is 1. The Balaban J connectivity index is 1.95. The monoisotopic (exact) mass is 255 g/mol. The van der Waals surface area contributed by atoms with Gasteiger partial charge in [0.1, 0.15) is 0 Å². The van der Waals surface area contributed by atoms with Crippen LogP contribution in [0.3, 0.4) is 0 Å². The van der Waals surface area contributed by atoms with Crippen LogP contribution >= 0.6 is 0 Å². The number of hydrogen-bond donors (Lipinski definition) is 1. The predicted octanol–water partition coefficient (Wildman–Crippen LogP) is 0.639. The van der Waals surface area contributed by atoms with Crippen LogP contribution in [0.25, 0.3) is 0 Å². The van der Waals surface area contributed by atoms with Gasteiger partial charge in [-0.3, -0.25) is 4.90 Å². The summed E-state index contributed by atoms with van der Waals surface area (Å²) in [5.74, 6) is 0. The van der Waals surface area contributed by atoms with Gasteiger partial charge in [0.15, 0.2) is 0 Å². The Kier molecular flexibility index (Phi) is 5.01. The smallest absolute Gasteiger partial charge is 0.0531 e. The maximum atomic E-state index is 5.52. The SMILES string of the molecule is COCC1(CN2CCN(C)CC2C)CCNCC1. The fourth-order valence-electron chi connectivity index (χ4n) is 3.45. The van der Waals surface area contributed by atoms with E-state index in [9.17, 15) is 0 Å². The second-order valence-corrected chi connectivity index (χ2v) is 6.26. The highest BCUT2D eigenvalue weighted by molar-refractivity contribution is 4.90. The normalized spacial score (nSPS) is 30.5. The molecule has 0 aromatic carbocycles. The number of hydrogen-bond acceptors (Lipinski definition) is 4. The summed E-state index contributed by atoms with van der Waals surface area (Å²) in [5, 5.41) is 3.47. The van der Waals surface area contributed by atoms with Crippen LogP contribution in [0.15, 0.2) is 0 Å². The molecule has 2 rings (SSSR count). The molecule has 0 radical (unpaired) electrons. The Bertz CT molecular complexity index is 248. The molecule has 4 nitrogen and oxygen atoms in total. The van der Waals surface area contributed by atoms with Crippen molar-refractivity contribution in [1.82, 2.24) is 15.1 Å². The maximum Gasteiger partial charge on any atom is 0.0531 e. The Morgan fingerprint density at radius 3 is 2.61 bits per heavy atom. The van der Waals surface area contributed by atoms with Gasteiger partial charge in [0, 0.05) is 44.7 Å². The number of rotatable bonds is 4. The van der Waals surface area contributed by atoms with Crippen molar-refractivity contribution in [2.75, 3.05) is 60.0 Å². The first kappa shape index (κ1) is 14.3. The van der Waals surface area contributed by atoms with E-state index in [1.54, 1.807) is 0 Å². The van der Waals surface area contributed by atoms with Crippen LogP contribution in [-0.4, -0.2) is 75.9 Å². The number of likely N-dealkylation sites (N-methyl/N-ethyl adjacent to an activating group) is 1. The van der Waals surface area contributed by atoms with Crippen molar-refractivity contribution in [2.24, 2.45) is 5.41 Å². The third kappa shape index (κ3) is 3.44. The van der Waals surface area contributed by atoms with Crippen molar-refractivity contribution in [1.29, 1.82) is 0 Å². The largest absolute Gasteiger partial charge is 0.384 e. The minimum absolute atomic E-state index is 0.379. The van der Waals surface area contributed by atoms with Gasteiger partial charge in [-0.15, -0.1) is 0 Å². The Morgan fingerprint density at radius 2 is 2.00 bits per heavy atom. The van der Waals surface area contributed by atoms with E-state index < -0.39 is 0 Å². The summed E-state index contributed by atoms with van der Waals surface area (Å²) in [6.45, 7) is 10.4. The van der Waals surface area contributed by atoms with Crippen LogP contribution in [0.5, 0.6) is 0 Å². The molecule has 1 N–H and O–H groups in total. The third-order valence-corrected chi connectivity index (χ3v) is 4.62. The van der Waals surface area contributed by atoms with Gasteiger partial charge in [-0.1, -0.05) is 0 Å². The zero-order valence-corrected chi connectivity index (χ0v) is 12.2. The lowest BCUT2D eigenvalue weighted by atomic mass is 9.78. The Morgan fingerprint density at radius 1 is 1.28 bits per heavy atom. The molecule has 2 heterocycles. The molecule has 0 aromatic rings. The van der Waals surface area contributed by atoms with Crippen LogP contribution in [0, 0.1) is 5.41 Å². The van der Waals surface area contributed by atoms with Crippen LogP contribution < -0.4 is 5.32 Å². The van der Waals surface area contributed by atoms with Gasteiger partial charge in [-0.05, 0) is 39.9 Å². The van der Waals surface area contributed by atoms with E-state index in [-0.39, 0.29) is 0 Å². The zero-order valence-electron chi connectivity index (χ0n) is 12.2. The molecule has 0 bridgehead atoms. The van der Waals surface area contributed by atoms with Crippen molar-refractivity contribution < 1.29 is 4.74 Å². The summed E-state index contributed by atoms with van der Waals surface area (Å²) in [7, 11) is 4.07. The van der Waals surface area contributed by atoms with Gasteiger partial charge in [-0.2, -0.15) is 0 Å². The first-order valence-electron chi connectivity index (χ1n) is 7.27. The van der Waals surface area contributed by atoms with Gasteiger partial charge in [-0.25, -0.2) is 0 Å². The van der Waals surface area contributed by atoms with Crippen LogP contribution in [0.4, 0.5) is 0 Å². The minimum Gasteiger partial charge on any atom is -0.384 e. The lowest BCUT2D eigenvalue weighted by Crippen LogP contribution is -2.56. The fourth-order valence-corrected chi connectivity index (χ4v) is 3.45. The summed E-state index contributed by atoms with van der Waals surface area (Å²) in [5.41, 5.74) is 0.379. The molecule has 1 atom stereocenters. The van der Waals surface area contributed by atoms with Crippen LogP contribution in [0.2, 0.25) is 0 Å². The molecule has 0 aromatic heterocycles. The second kappa shape index (κ2) is 6.33. The van der Waals surface area contributed by atoms with Crippen LogP contribution in [-0.2, 0) is 4.74 Å². The summed E-state index contributed by atoms with van der Waals surface area (Å²) in [6.07, 6.45) is 2.50. The first-order valence-corrected chi connectivity index (χ1v) is 7.27. The molecule has 4 heteroatoms. The number of nitrogens with zero attached hydrogens (tertiary/aromatic N) is 2. The number of piperidine rings is 1. The molecular weight excluding hydrogens is 226 g/mol. The highest BCUT2D eigenvalue weighted by Gasteiger charge is 2.36. The highest BCUT2D eigenvalue weighted by atomic mass is 16.5. The first-order chi connectivity index (χ1) is 8.65. The standard InChI is InChI=1S/C14H29N3O/c1-13-10-16(2)8-9-17(13)11-14(12-18-3)4-6-15-7-5-14/h13,15H,4-12H2,1-3H3. The molecule has 0 saturated carbocycles. The molecule has 2 aliphatic heterocycles. The minimum atomic E-state index is 0.379. The van der Waals surface area contributed by atoms with E-state index in [0.29, 0.717) is 11.5 Å². The van der Waals surface area contributed by atoms with E-state index >= 15 is 0 Å². The average molecular weight is 255 g/mol. The predicted molar refractivity (Wildman–Crippen MR) is 74.9 cm³/mol. The Labute approximate surface area is 112 Å². The van der Waals surface area contributed by atoms with E-state index in [1.165, 1.54) is 39.0 Å². The number of methoxy groups -OCH3 is 1. The van der Waals surface area contributed by atoms with Crippen molar-refractivity contribution in [3.63, 3.8) is 0 Å². The third-order valence-electron chi connectivity index (χ3n) is 4.62. The summed E-state index contributed by atoms with van der Waals surface area (Å²) >= 11 is 0. The van der Waals surface area contributed by atoms with Crippen LogP contribution in [0.1, 0.15) is 19.8 Å². The molecule has 0 aliphatic carbocycles. The molecule has 106 valence electrons. The van der Waals surface area contributed by atoms with E-state index in [1.807, 2.05) is 7.11 Å². The van der Waals surface area contributed by atoms with Crippen molar-refractivity contribution >= 4 is 0 Å². The highest BCUT2D eigenvalue weighted by Crippen LogP contribution is 2.31. The number of nitrogens with one attached hydrogen (secondary N) is 1. The molecule has 18 heavy (non-hydrogen) atoms. The maximum absolute atomic E-state index is 5.52. The zero-order chi connectivity index (χ0) is 13.0. The lowest BCUT2D eigenvalue weighted by Gasteiger charge is -2.46. The summed E-state index contributed by atoms with van der Waals surface area (Å²) in [6, 6.07) is 0.673. The van der Waals surface area contributed by atoms with Crippen molar-refractivity contribution in [3.8, 4) is 0 Å².